The molecule has 16 heteroatoms. The van der Waals surface area contributed by atoms with Crippen molar-refractivity contribution in [2.75, 3.05) is 16.0 Å². The van der Waals surface area contributed by atoms with Crippen LogP contribution in [0.15, 0.2) is 89.0 Å². The summed E-state index contributed by atoms with van der Waals surface area (Å²) in [5.74, 6) is -5.62. The summed E-state index contributed by atoms with van der Waals surface area (Å²) in [5, 5.41) is 45.9. The van der Waals surface area contributed by atoms with Crippen LogP contribution < -0.4 is 16.0 Å². The Kier molecular flexibility index (Phi) is 12.4. The molecule has 5 rings (SSSR count). The first kappa shape index (κ1) is 40.4. The minimum Gasteiger partial charge on any atom is -0.508 e. The summed E-state index contributed by atoms with van der Waals surface area (Å²) < 4.78 is 6.91. The fraction of sp³-hybridized carbons (Fsp3) is 0.171. The maximum atomic E-state index is 13.3. The predicted octanol–water partition coefficient (Wildman–Crippen LogP) is 5.89. The van der Waals surface area contributed by atoms with E-state index in [2.05, 4.69) is 20.9 Å². The third-order valence-electron chi connectivity index (χ3n) is 8.76. The second-order valence-electron chi connectivity index (χ2n) is 13.0. The number of nitrogens with one attached hydrogen (secondary N) is 3. The van der Waals surface area contributed by atoms with E-state index in [0.717, 1.165) is 11.6 Å². The van der Waals surface area contributed by atoms with Crippen molar-refractivity contribution >= 4 is 58.6 Å². The van der Waals surface area contributed by atoms with Crippen LogP contribution in [0.4, 0.5) is 17.3 Å². The molecule has 0 saturated heterocycles. The molecule has 0 aliphatic heterocycles. The van der Waals surface area contributed by atoms with Crippen LogP contribution >= 0.6 is 0 Å². The van der Waals surface area contributed by atoms with E-state index in [-0.39, 0.29) is 76.3 Å². The molecule has 1 atom stereocenters. The number of aromatic nitrogens is 2. The summed E-state index contributed by atoms with van der Waals surface area (Å²) in [7, 11) is 1.59. The van der Waals surface area contributed by atoms with Gasteiger partial charge in [0.15, 0.2) is 23.2 Å². The minimum absolute atomic E-state index is 0.0241. The molecule has 0 bridgehead atoms. The standard InChI is InChI=1S/C41H36N6O10/c1-22(18-24-4-10-29(48)11-5-24)32(49)20-28-21-47(3)37(43-28)33(50)19-26(16-17-42)39(53)44-27-8-6-25(7-9-27)38(52)46-35-15-14-34(57-35)40(54)45-31-13-12-30(41(55)56)36(51)23(31)2/h4-15,18,21,26,48,51H,16,19-20H2,1-3H3,(H,44,53)(H,45,54)(H,46,52)(H,55,56)/b22-18+/t26-/m1/s1. The first-order chi connectivity index (χ1) is 27.1. The number of imidazole rings is 1. The van der Waals surface area contributed by atoms with Gasteiger partial charge in [-0.3, -0.25) is 29.3 Å². The highest BCUT2D eigenvalue weighted by Gasteiger charge is 2.26. The normalized spacial score (nSPS) is 11.6. The van der Waals surface area contributed by atoms with Crippen LogP contribution in [0, 0.1) is 24.2 Å². The van der Waals surface area contributed by atoms with Crippen LogP contribution in [0.25, 0.3) is 6.08 Å². The number of hydrogen-bond acceptors (Lipinski definition) is 11. The van der Waals surface area contributed by atoms with Crippen LogP contribution in [0.5, 0.6) is 11.5 Å². The van der Waals surface area contributed by atoms with Gasteiger partial charge in [0.05, 0.1) is 24.1 Å². The molecule has 3 amide bonds. The number of nitrogens with zero attached hydrogens (tertiary/aromatic N) is 3. The Hall–Kier alpha value is -7.80. The second-order valence-corrected chi connectivity index (χ2v) is 13.0. The number of aromatic hydroxyl groups is 2. The van der Waals surface area contributed by atoms with Crippen LogP contribution in [0.2, 0.25) is 0 Å². The van der Waals surface area contributed by atoms with Crippen LogP contribution in [-0.2, 0) is 23.1 Å². The third-order valence-corrected chi connectivity index (χ3v) is 8.76. The molecule has 6 N–H and O–H groups in total. The minimum atomic E-state index is -1.33. The van der Waals surface area contributed by atoms with Crippen molar-refractivity contribution in [2.24, 2.45) is 13.0 Å². The molecule has 0 saturated carbocycles. The maximum absolute atomic E-state index is 13.3. The van der Waals surface area contributed by atoms with Gasteiger partial charge in [-0.2, -0.15) is 5.26 Å². The zero-order chi connectivity index (χ0) is 41.4. The van der Waals surface area contributed by atoms with E-state index in [4.69, 9.17) is 9.52 Å². The molecule has 0 aliphatic carbocycles. The zero-order valence-corrected chi connectivity index (χ0v) is 30.8. The zero-order valence-electron chi connectivity index (χ0n) is 30.8. The fourth-order valence-electron chi connectivity index (χ4n) is 5.61. The quantitative estimate of drug-likeness (QED) is 0.0538. The van der Waals surface area contributed by atoms with Gasteiger partial charge in [0, 0.05) is 54.7 Å². The molecule has 2 aromatic heterocycles. The molecule has 2 heterocycles. The number of nitriles is 1. The molecule has 0 unspecified atom stereocenters. The molecule has 3 aromatic carbocycles. The highest BCUT2D eigenvalue weighted by Crippen LogP contribution is 2.29. The third kappa shape index (κ3) is 10.0. The fourth-order valence-corrected chi connectivity index (χ4v) is 5.61. The number of anilines is 3. The molecule has 5 aromatic rings. The van der Waals surface area contributed by atoms with Crippen molar-refractivity contribution < 1.29 is 48.5 Å². The lowest BCUT2D eigenvalue weighted by Crippen LogP contribution is -2.26. The average molecular weight is 773 g/mol. The molecule has 0 aliphatic rings. The molecule has 0 fully saturated rings. The number of amides is 3. The van der Waals surface area contributed by atoms with Crippen LogP contribution in [-0.4, -0.2) is 60.1 Å². The summed E-state index contributed by atoms with van der Waals surface area (Å²) in [6, 6.07) is 19.1. The van der Waals surface area contributed by atoms with Crippen LogP contribution in [0.1, 0.15) is 78.5 Å². The van der Waals surface area contributed by atoms with Crippen molar-refractivity contribution in [3.8, 4) is 17.6 Å². The Labute approximate surface area is 325 Å². The lowest BCUT2D eigenvalue weighted by atomic mass is 9.97. The highest BCUT2D eigenvalue weighted by atomic mass is 16.4. The number of phenolic OH excluding ortho intramolecular Hbond substituents is 1. The average Bonchev–Trinajstić information content (AvgIpc) is 3.80. The Morgan fingerprint density at radius 2 is 1.61 bits per heavy atom. The van der Waals surface area contributed by atoms with Crippen molar-refractivity contribution in [3.05, 3.63) is 124 Å². The topological polar surface area (TPSA) is 254 Å². The van der Waals surface area contributed by atoms with E-state index < -0.39 is 41.1 Å². The van der Waals surface area contributed by atoms with Crippen molar-refractivity contribution in [1.82, 2.24) is 9.55 Å². The van der Waals surface area contributed by atoms with Gasteiger partial charge in [0.2, 0.25) is 11.8 Å². The highest BCUT2D eigenvalue weighted by molar-refractivity contribution is 6.06. The number of hydrogen-bond donors (Lipinski definition) is 6. The van der Waals surface area contributed by atoms with E-state index >= 15 is 0 Å². The molecule has 0 spiro atoms. The Morgan fingerprint density at radius 1 is 0.912 bits per heavy atom. The van der Waals surface area contributed by atoms with E-state index in [1.54, 1.807) is 38.4 Å². The SMILES string of the molecule is C/C(=C\c1ccc(O)cc1)C(=O)Cc1cn(C)c(C(=O)C[C@@H](CC#N)C(=O)Nc2ccc(C(=O)Nc3ccc(C(=O)Nc4ccc(C(=O)O)c(O)c4C)o3)cc2)n1. The van der Waals surface area contributed by atoms with Gasteiger partial charge in [-0.05, 0) is 85.7 Å². The molecular weight excluding hydrogens is 736 g/mol. The van der Waals surface area contributed by atoms with Gasteiger partial charge < -0.3 is 34.9 Å². The number of carbonyl (C=O) groups is 6. The second kappa shape index (κ2) is 17.6. The summed E-state index contributed by atoms with van der Waals surface area (Å²) in [6.07, 6.45) is 2.56. The molecule has 290 valence electrons. The first-order valence-corrected chi connectivity index (χ1v) is 17.3. The molecular formula is C41H36N6O10. The van der Waals surface area contributed by atoms with Gasteiger partial charge in [0.25, 0.3) is 11.8 Å². The van der Waals surface area contributed by atoms with Crippen molar-refractivity contribution in [3.63, 3.8) is 0 Å². The number of aryl methyl sites for hydroxylation is 1. The number of furan rings is 1. The molecule has 0 radical (unpaired) electrons. The van der Waals surface area contributed by atoms with E-state index in [1.165, 1.54) is 66.1 Å². The largest absolute Gasteiger partial charge is 0.508 e. The number of allylic oxidation sites excluding steroid dienone is 1. The first-order valence-electron chi connectivity index (χ1n) is 17.3. The van der Waals surface area contributed by atoms with Gasteiger partial charge in [-0.25, -0.2) is 9.78 Å². The summed E-state index contributed by atoms with van der Waals surface area (Å²) in [4.78, 5) is 80.5. The smallest absolute Gasteiger partial charge is 0.339 e. The predicted molar refractivity (Wildman–Crippen MR) is 206 cm³/mol. The summed E-state index contributed by atoms with van der Waals surface area (Å²) >= 11 is 0. The number of phenols is 2. The lowest BCUT2D eigenvalue weighted by molar-refractivity contribution is -0.119. The summed E-state index contributed by atoms with van der Waals surface area (Å²) in [6.45, 7) is 3.09. The van der Waals surface area contributed by atoms with Gasteiger partial charge in [0.1, 0.15) is 17.1 Å². The Morgan fingerprint density at radius 3 is 2.28 bits per heavy atom. The van der Waals surface area contributed by atoms with Crippen molar-refractivity contribution in [2.45, 2.75) is 33.1 Å². The van der Waals surface area contributed by atoms with E-state index in [0.29, 0.717) is 11.3 Å². The monoisotopic (exact) mass is 772 g/mol. The number of Topliss-reactive ketones (excluding diaryl/α,β-unsaturated/α-hetero) is 2. The summed E-state index contributed by atoms with van der Waals surface area (Å²) in [5.41, 5.74) is 1.96. The lowest BCUT2D eigenvalue weighted by Gasteiger charge is -2.13. The Bertz CT molecular complexity index is 2450. The number of rotatable bonds is 15. The number of benzene rings is 3. The Balaban J connectivity index is 1.15. The molecule has 16 nitrogen and oxygen atoms in total. The number of carboxylic acid groups (broad SMARTS) is 1. The van der Waals surface area contributed by atoms with E-state index in [1.807, 2.05) is 6.07 Å². The van der Waals surface area contributed by atoms with Crippen molar-refractivity contribution in [1.29, 1.82) is 5.26 Å². The van der Waals surface area contributed by atoms with Gasteiger partial charge in [-0.15, -0.1) is 0 Å². The van der Waals surface area contributed by atoms with Gasteiger partial charge >= 0.3 is 5.97 Å². The number of carbonyl (C=O) groups excluding carboxylic acids is 5. The van der Waals surface area contributed by atoms with Crippen LogP contribution in [0.3, 0.4) is 0 Å². The maximum Gasteiger partial charge on any atom is 0.339 e. The molecule has 57 heavy (non-hydrogen) atoms. The van der Waals surface area contributed by atoms with E-state index in [9.17, 15) is 44.2 Å². The number of aromatic carboxylic acids is 1. The number of ketones is 2. The number of carboxylic acids is 1. The van der Waals surface area contributed by atoms with Gasteiger partial charge in [-0.1, -0.05) is 12.1 Å².